The highest BCUT2D eigenvalue weighted by Gasteiger charge is 2.34. The van der Waals surface area contributed by atoms with Crippen LogP contribution in [0.4, 0.5) is 0 Å². The van der Waals surface area contributed by atoms with Gasteiger partial charge in [0.1, 0.15) is 0 Å². The molecule has 0 heterocycles. The van der Waals surface area contributed by atoms with Crippen LogP contribution in [0, 0.1) is 17.8 Å². The highest BCUT2D eigenvalue weighted by molar-refractivity contribution is 5.78. The van der Waals surface area contributed by atoms with Crippen LogP contribution >= 0.6 is 0 Å². The number of unbranched alkanes of at least 4 members (excludes halogenated alkanes) is 3. The molecule has 0 spiro atoms. The molecule has 0 aromatic carbocycles. The van der Waals surface area contributed by atoms with Crippen LogP contribution in [-0.2, 0) is 9.59 Å². The van der Waals surface area contributed by atoms with Gasteiger partial charge in [0.05, 0.1) is 0 Å². The van der Waals surface area contributed by atoms with Gasteiger partial charge in [-0.15, -0.1) is 0 Å². The zero-order valence-electron chi connectivity index (χ0n) is 13.7. The number of nitrogens with one attached hydrogen (secondary N) is 1. The minimum Gasteiger partial charge on any atom is -0.481 e. The molecule has 2 aliphatic carbocycles. The lowest BCUT2D eigenvalue weighted by Gasteiger charge is -2.38. The van der Waals surface area contributed by atoms with Crippen LogP contribution in [0.3, 0.4) is 0 Å². The van der Waals surface area contributed by atoms with E-state index in [4.69, 9.17) is 5.11 Å². The molecule has 2 rings (SSSR count). The number of fused-ring (bicyclic) bond motifs is 1. The lowest BCUT2D eigenvalue weighted by molar-refractivity contribution is -0.137. The van der Waals surface area contributed by atoms with Gasteiger partial charge >= 0.3 is 5.97 Å². The van der Waals surface area contributed by atoms with E-state index >= 15 is 0 Å². The van der Waals surface area contributed by atoms with Gasteiger partial charge in [-0.3, -0.25) is 9.59 Å². The van der Waals surface area contributed by atoms with E-state index in [1.165, 1.54) is 32.1 Å². The van der Waals surface area contributed by atoms with Gasteiger partial charge in [-0.05, 0) is 43.9 Å². The van der Waals surface area contributed by atoms with Crippen molar-refractivity contribution >= 4 is 11.9 Å². The normalized spacial score (nSPS) is 27.9. The Morgan fingerprint density at radius 2 is 1.64 bits per heavy atom. The minimum atomic E-state index is -0.716. The van der Waals surface area contributed by atoms with Gasteiger partial charge < -0.3 is 10.4 Å². The highest BCUT2D eigenvalue weighted by atomic mass is 16.4. The van der Waals surface area contributed by atoms with E-state index in [0.717, 1.165) is 56.9 Å². The summed E-state index contributed by atoms with van der Waals surface area (Å²) >= 11 is 0. The van der Waals surface area contributed by atoms with Gasteiger partial charge in [0.25, 0.3) is 0 Å². The first-order chi connectivity index (χ1) is 10.7. The zero-order chi connectivity index (χ0) is 15.8. The molecular weight excluding hydrogens is 278 g/mol. The Kier molecular flexibility index (Phi) is 7.20. The summed E-state index contributed by atoms with van der Waals surface area (Å²) in [5.74, 6) is 1.48. The quantitative estimate of drug-likeness (QED) is 0.671. The summed E-state index contributed by atoms with van der Waals surface area (Å²) in [5.41, 5.74) is 0. The van der Waals surface area contributed by atoms with Crippen molar-refractivity contribution in [3.63, 3.8) is 0 Å². The molecule has 0 saturated heterocycles. The molecule has 3 unspecified atom stereocenters. The Balaban J connectivity index is 1.54. The SMILES string of the molecule is O=C(O)CCCCCCNC(=O)C1CCC2CCCCC2C1. The molecule has 2 aliphatic rings. The summed E-state index contributed by atoms with van der Waals surface area (Å²) < 4.78 is 0. The summed E-state index contributed by atoms with van der Waals surface area (Å²) in [4.78, 5) is 22.7. The van der Waals surface area contributed by atoms with Crippen molar-refractivity contribution in [2.75, 3.05) is 6.54 Å². The van der Waals surface area contributed by atoms with E-state index in [0.29, 0.717) is 0 Å². The van der Waals surface area contributed by atoms with Crippen LogP contribution in [0.15, 0.2) is 0 Å². The molecule has 0 radical (unpaired) electrons. The summed E-state index contributed by atoms with van der Waals surface area (Å²) in [6.45, 7) is 0.747. The number of amides is 1. The first-order valence-corrected chi connectivity index (χ1v) is 9.16. The number of carboxylic acid groups (broad SMARTS) is 1. The van der Waals surface area contributed by atoms with E-state index in [9.17, 15) is 9.59 Å². The summed E-state index contributed by atoms with van der Waals surface area (Å²) in [7, 11) is 0. The van der Waals surface area contributed by atoms with Crippen LogP contribution in [-0.4, -0.2) is 23.5 Å². The number of carbonyl (C=O) groups excluding carboxylic acids is 1. The number of carboxylic acids is 1. The smallest absolute Gasteiger partial charge is 0.303 e. The largest absolute Gasteiger partial charge is 0.481 e. The second-order valence-electron chi connectivity index (χ2n) is 7.16. The van der Waals surface area contributed by atoms with Crippen molar-refractivity contribution < 1.29 is 14.7 Å². The van der Waals surface area contributed by atoms with E-state index in [-0.39, 0.29) is 18.2 Å². The Morgan fingerprint density at radius 1 is 0.909 bits per heavy atom. The molecule has 4 heteroatoms. The van der Waals surface area contributed by atoms with Gasteiger partial charge in [0, 0.05) is 18.9 Å². The third kappa shape index (κ3) is 5.62. The van der Waals surface area contributed by atoms with Crippen molar-refractivity contribution in [2.24, 2.45) is 17.8 Å². The average Bonchev–Trinajstić information content (AvgIpc) is 2.53. The van der Waals surface area contributed by atoms with Crippen molar-refractivity contribution in [1.29, 1.82) is 0 Å². The second-order valence-corrected chi connectivity index (χ2v) is 7.16. The lowest BCUT2D eigenvalue weighted by Crippen LogP contribution is -2.37. The number of rotatable bonds is 8. The molecule has 2 N–H and O–H groups in total. The molecule has 0 aliphatic heterocycles. The molecule has 2 fully saturated rings. The molecule has 0 aromatic rings. The first kappa shape index (κ1) is 17.3. The van der Waals surface area contributed by atoms with Crippen molar-refractivity contribution in [1.82, 2.24) is 5.32 Å². The van der Waals surface area contributed by atoms with E-state index in [1.54, 1.807) is 0 Å². The molecule has 3 atom stereocenters. The number of hydrogen-bond acceptors (Lipinski definition) is 2. The van der Waals surface area contributed by atoms with Crippen LogP contribution in [0.1, 0.15) is 77.0 Å². The van der Waals surface area contributed by atoms with E-state index in [1.807, 2.05) is 0 Å². The van der Waals surface area contributed by atoms with Crippen molar-refractivity contribution in [3.8, 4) is 0 Å². The number of aliphatic carboxylic acids is 1. The van der Waals surface area contributed by atoms with Crippen molar-refractivity contribution in [2.45, 2.75) is 77.0 Å². The average molecular weight is 309 g/mol. The maximum Gasteiger partial charge on any atom is 0.303 e. The predicted molar refractivity (Wildman–Crippen MR) is 86.5 cm³/mol. The van der Waals surface area contributed by atoms with Gasteiger partial charge in [-0.1, -0.05) is 38.5 Å². The molecule has 2 saturated carbocycles. The Labute approximate surface area is 134 Å². The zero-order valence-corrected chi connectivity index (χ0v) is 13.7. The molecule has 0 aromatic heterocycles. The van der Waals surface area contributed by atoms with Crippen LogP contribution < -0.4 is 5.32 Å². The predicted octanol–water partition coefficient (Wildman–Crippen LogP) is 3.74. The van der Waals surface area contributed by atoms with Gasteiger partial charge in [-0.25, -0.2) is 0 Å². The third-order valence-corrected chi connectivity index (χ3v) is 5.53. The maximum atomic E-state index is 12.3. The van der Waals surface area contributed by atoms with Gasteiger partial charge in [-0.2, -0.15) is 0 Å². The standard InChI is InChI=1S/C18H31NO3/c20-17(21)9-3-1-2-6-12-19-18(22)16-11-10-14-7-4-5-8-15(14)13-16/h14-16H,1-13H2,(H,19,22)(H,20,21). The fraction of sp³-hybridized carbons (Fsp3) is 0.889. The van der Waals surface area contributed by atoms with Crippen LogP contribution in [0.5, 0.6) is 0 Å². The summed E-state index contributed by atoms with van der Waals surface area (Å²) in [5, 5.41) is 11.7. The molecule has 0 bridgehead atoms. The third-order valence-electron chi connectivity index (χ3n) is 5.53. The molecule has 22 heavy (non-hydrogen) atoms. The highest BCUT2D eigenvalue weighted by Crippen LogP contribution is 2.42. The first-order valence-electron chi connectivity index (χ1n) is 9.16. The minimum absolute atomic E-state index is 0.242. The Morgan fingerprint density at radius 3 is 2.41 bits per heavy atom. The summed E-state index contributed by atoms with van der Waals surface area (Å²) in [6, 6.07) is 0. The molecule has 1 amide bonds. The van der Waals surface area contributed by atoms with Crippen molar-refractivity contribution in [3.05, 3.63) is 0 Å². The number of hydrogen-bond donors (Lipinski definition) is 2. The number of carbonyl (C=O) groups is 2. The maximum absolute atomic E-state index is 12.3. The molecular formula is C18H31NO3. The van der Waals surface area contributed by atoms with Gasteiger partial charge in [0.15, 0.2) is 0 Å². The van der Waals surface area contributed by atoms with E-state index in [2.05, 4.69) is 5.32 Å². The van der Waals surface area contributed by atoms with E-state index < -0.39 is 5.97 Å². The van der Waals surface area contributed by atoms with Crippen LogP contribution in [0.25, 0.3) is 0 Å². The van der Waals surface area contributed by atoms with Gasteiger partial charge in [0.2, 0.25) is 5.91 Å². The summed E-state index contributed by atoms with van der Waals surface area (Å²) in [6.07, 6.45) is 12.8. The molecule has 126 valence electrons. The van der Waals surface area contributed by atoms with Crippen LogP contribution in [0.2, 0.25) is 0 Å². The Bertz CT molecular complexity index is 369. The fourth-order valence-electron chi connectivity index (χ4n) is 4.22. The monoisotopic (exact) mass is 309 g/mol. The Hall–Kier alpha value is -1.06. The fourth-order valence-corrected chi connectivity index (χ4v) is 4.22. The second kappa shape index (κ2) is 9.16. The topological polar surface area (TPSA) is 66.4 Å². The molecule has 4 nitrogen and oxygen atoms in total. The lowest BCUT2D eigenvalue weighted by atomic mass is 9.67.